The Labute approximate surface area is 201 Å². The fourth-order valence-electron chi connectivity index (χ4n) is 3.85. The maximum Gasteiger partial charge on any atom is 0.410 e. The molecule has 0 aromatic carbocycles. The molecule has 2 aliphatic rings. The smallest absolute Gasteiger partial charge is 0.410 e. The summed E-state index contributed by atoms with van der Waals surface area (Å²) in [6.07, 6.45) is 1.37. The first kappa shape index (κ1) is 26.0. The van der Waals surface area contributed by atoms with Crippen LogP contribution in [-0.2, 0) is 32.0 Å². The van der Waals surface area contributed by atoms with Crippen LogP contribution in [0.4, 0.5) is 10.6 Å². The minimum Gasteiger partial charge on any atom is -0.444 e. The molecular formula is C22H35ClN4O5S. The van der Waals surface area contributed by atoms with Gasteiger partial charge in [-0.3, -0.25) is 4.18 Å². The topological polar surface area (TPSA) is 102 Å². The molecule has 1 atom stereocenters. The average molecular weight is 503 g/mol. The van der Waals surface area contributed by atoms with Gasteiger partial charge in [0.2, 0.25) is 5.28 Å². The lowest BCUT2D eigenvalue weighted by Crippen LogP contribution is -2.45. The van der Waals surface area contributed by atoms with Crippen molar-refractivity contribution in [3.63, 3.8) is 0 Å². The molecule has 0 spiro atoms. The van der Waals surface area contributed by atoms with Crippen LogP contribution in [0.2, 0.25) is 5.28 Å². The van der Waals surface area contributed by atoms with E-state index in [2.05, 4.69) is 9.97 Å². The minimum absolute atomic E-state index is 0.0729. The van der Waals surface area contributed by atoms with Crippen LogP contribution in [0.15, 0.2) is 0 Å². The summed E-state index contributed by atoms with van der Waals surface area (Å²) in [5.41, 5.74) is 0.722. The Balaban J connectivity index is 1.79. The standard InChI is InChI=1S/C22H35ClN4O5S/c1-21(2,3)14-31-33(29,30)15-8-7-10-26(12-15)18-16-9-11-27(20(28)32-22(4,5)6)13-17(16)24-19(23)25-18/h15H,7-14H2,1-6H3. The lowest BCUT2D eigenvalue weighted by molar-refractivity contribution is 0.0220. The molecule has 1 aromatic rings. The normalized spacial score (nSPS) is 19.9. The van der Waals surface area contributed by atoms with Gasteiger partial charge in [-0.05, 0) is 57.0 Å². The molecule has 186 valence electrons. The summed E-state index contributed by atoms with van der Waals surface area (Å²) < 4.78 is 36.5. The zero-order valence-electron chi connectivity index (χ0n) is 20.4. The summed E-state index contributed by atoms with van der Waals surface area (Å²) in [6.45, 7) is 13.1. The summed E-state index contributed by atoms with van der Waals surface area (Å²) in [4.78, 5) is 24.9. The van der Waals surface area contributed by atoms with E-state index in [1.807, 2.05) is 46.4 Å². The second-order valence-corrected chi connectivity index (χ2v) is 13.1. The van der Waals surface area contributed by atoms with Crippen LogP contribution >= 0.6 is 11.6 Å². The van der Waals surface area contributed by atoms with Crippen LogP contribution in [-0.4, -0.2) is 66.5 Å². The second kappa shape index (κ2) is 9.54. The van der Waals surface area contributed by atoms with Crippen molar-refractivity contribution in [2.45, 2.75) is 78.2 Å². The first-order valence-electron chi connectivity index (χ1n) is 11.3. The van der Waals surface area contributed by atoms with Crippen molar-refractivity contribution in [1.82, 2.24) is 14.9 Å². The number of halogens is 1. The highest BCUT2D eigenvalue weighted by molar-refractivity contribution is 7.87. The molecule has 0 radical (unpaired) electrons. The van der Waals surface area contributed by atoms with Crippen molar-refractivity contribution in [2.75, 3.05) is 31.1 Å². The first-order valence-corrected chi connectivity index (χ1v) is 13.2. The molecule has 1 amide bonds. The van der Waals surface area contributed by atoms with Crippen LogP contribution in [0, 0.1) is 5.41 Å². The summed E-state index contributed by atoms with van der Waals surface area (Å²) in [5, 5.41) is -0.566. The fraction of sp³-hybridized carbons (Fsp3) is 0.773. The summed E-state index contributed by atoms with van der Waals surface area (Å²) in [5.74, 6) is 0.643. The van der Waals surface area contributed by atoms with Crippen LogP contribution in [0.1, 0.15) is 65.6 Å². The van der Waals surface area contributed by atoms with Gasteiger partial charge in [0.1, 0.15) is 16.7 Å². The Morgan fingerprint density at radius 2 is 1.85 bits per heavy atom. The molecule has 11 heteroatoms. The van der Waals surface area contributed by atoms with E-state index in [0.717, 1.165) is 5.56 Å². The van der Waals surface area contributed by atoms with Crippen LogP contribution in [0.25, 0.3) is 0 Å². The highest BCUT2D eigenvalue weighted by Crippen LogP contribution is 2.32. The number of hydrogen-bond donors (Lipinski definition) is 0. The molecule has 0 saturated carbocycles. The molecule has 1 unspecified atom stereocenters. The van der Waals surface area contributed by atoms with E-state index in [-0.39, 0.29) is 30.4 Å². The van der Waals surface area contributed by atoms with Gasteiger partial charge in [-0.25, -0.2) is 14.8 Å². The van der Waals surface area contributed by atoms with Gasteiger partial charge in [0, 0.05) is 25.2 Å². The Bertz CT molecular complexity index is 988. The van der Waals surface area contributed by atoms with Crippen molar-refractivity contribution in [2.24, 2.45) is 5.41 Å². The number of piperidine rings is 1. The molecule has 3 rings (SSSR count). The van der Waals surface area contributed by atoms with Gasteiger partial charge in [-0.2, -0.15) is 8.42 Å². The second-order valence-electron chi connectivity index (χ2n) is 10.9. The predicted octanol–water partition coefficient (Wildman–Crippen LogP) is 3.78. The molecule has 1 aromatic heterocycles. The van der Waals surface area contributed by atoms with Gasteiger partial charge in [0.05, 0.1) is 18.8 Å². The van der Waals surface area contributed by atoms with Crippen molar-refractivity contribution in [1.29, 1.82) is 0 Å². The number of ether oxygens (including phenoxy) is 1. The first-order chi connectivity index (χ1) is 15.1. The number of rotatable bonds is 4. The third-order valence-corrected chi connectivity index (χ3v) is 7.23. The number of fused-ring (bicyclic) bond motifs is 1. The fourth-order valence-corrected chi connectivity index (χ4v) is 5.56. The van der Waals surface area contributed by atoms with E-state index >= 15 is 0 Å². The number of carbonyl (C=O) groups is 1. The molecule has 3 heterocycles. The number of amides is 1. The average Bonchev–Trinajstić information content (AvgIpc) is 2.69. The maximum atomic E-state index is 12.8. The van der Waals surface area contributed by atoms with Crippen LogP contribution < -0.4 is 4.90 Å². The predicted molar refractivity (Wildman–Crippen MR) is 127 cm³/mol. The van der Waals surface area contributed by atoms with Crippen LogP contribution in [0.5, 0.6) is 0 Å². The van der Waals surface area contributed by atoms with Gasteiger partial charge in [-0.1, -0.05) is 20.8 Å². The quantitative estimate of drug-likeness (QED) is 0.452. The van der Waals surface area contributed by atoms with Crippen molar-refractivity contribution < 1.29 is 22.1 Å². The SMILES string of the molecule is CC(C)(C)COS(=O)(=O)C1CCCN(c2nc(Cl)nc3c2CCN(C(=O)OC(C)(C)C)C3)C1. The Hall–Kier alpha value is -1.65. The monoisotopic (exact) mass is 502 g/mol. The van der Waals surface area contributed by atoms with E-state index in [4.69, 9.17) is 20.5 Å². The Morgan fingerprint density at radius 3 is 2.48 bits per heavy atom. The number of nitrogens with zero attached hydrogens (tertiary/aromatic N) is 4. The summed E-state index contributed by atoms with van der Waals surface area (Å²) in [7, 11) is -3.71. The number of aromatic nitrogens is 2. The van der Waals surface area contributed by atoms with E-state index in [0.29, 0.717) is 43.9 Å². The molecule has 0 bridgehead atoms. The molecule has 9 nitrogen and oxygen atoms in total. The number of anilines is 1. The van der Waals surface area contributed by atoms with E-state index in [1.54, 1.807) is 4.90 Å². The summed E-state index contributed by atoms with van der Waals surface area (Å²) in [6, 6.07) is 0. The summed E-state index contributed by atoms with van der Waals surface area (Å²) >= 11 is 6.23. The highest BCUT2D eigenvalue weighted by atomic mass is 35.5. The van der Waals surface area contributed by atoms with Crippen molar-refractivity contribution in [3.8, 4) is 0 Å². The molecule has 1 fully saturated rings. The zero-order valence-corrected chi connectivity index (χ0v) is 21.9. The van der Waals surface area contributed by atoms with Gasteiger partial charge >= 0.3 is 6.09 Å². The molecule has 33 heavy (non-hydrogen) atoms. The number of carbonyl (C=O) groups excluding carboxylic acids is 1. The number of hydrogen-bond acceptors (Lipinski definition) is 8. The molecule has 1 saturated heterocycles. The molecular weight excluding hydrogens is 468 g/mol. The largest absolute Gasteiger partial charge is 0.444 e. The lowest BCUT2D eigenvalue weighted by atomic mass is 9.99. The Kier molecular flexibility index (Phi) is 7.51. The Morgan fingerprint density at radius 1 is 1.15 bits per heavy atom. The van der Waals surface area contributed by atoms with E-state index in [9.17, 15) is 13.2 Å². The third kappa shape index (κ3) is 6.93. The molecule has 0 N–H and O–H groups in total. The highest BCUT2D eigenvalue weighted by Gasteiger charge is 2.36. The molecule has 0 aliphatic carbocycles. The lowest BCUT2D eigenvalue weighted by Gasteiger charge is -2.36. The van der Waals surface area contributed by atoms with Gasteiger partial charge < -0.3 is 14.5 Å². The molecule has 2 aliphatic heterocycles. The zero-order chi connectivity index (χ0) is 24.6. The van der Waals surface area contributed by atoms with E-state index < -0.39 is 27.1 Å². The third-order valence-electron chi connectivity index (χ3n) is 5.41. The van der Waals surface area contributed by atoms with Gasteiger partial charge in [-0.15, -0.1) is 0 Å². The van der Waals surface area contributed by atoms with E-state index in [1.165, 1.54) is 0 Å². The van der Waals surface area contributed by atoms with Crippen molar-refractivity contribution in [3.05, 3.63) is 16.5 Å². The van der Waals surface area contributed by atoms with Crippen LogP contribution in [0.3, 0.4) is 0 Å². The minimum atomic E-state index is -3.71. The van der Waals surface area contributed by atoms with Gasteiger partial charge in [0.25, 0.3) is 10.1 Å². The van der Waals surface area contributed by atoms with Gasteiger partial charge in [0.15, 0.2) is 0 Å². The van der Waals surface area contributed by atoms with Crippen molar-refractivity contribution >= 4 is 33.6 Å². The maximum absolute atomic E-state index is 12.8.